The minimum atomic E-state index is -1.74. The summed E-state index contributed by atoms with van der Waals surface area (Å²) in [6.45, 7) is 12.2. The van der Waals surface area contributed by atoms with E-state index >= 15 is 0 Å². The van der Waals surface area contributed by atoms with E-state index in [0.717, 1.165) is 5.56 Å². The molecular weight excluding hydrogens is 1340 g/mol. The number of methoxy groups -OCH3 is 4. The van der Waals surface area contributed by atoms with Gasteiger partial charge < -0.3 is 152 Å². The second-order valence-corrected chi connectivity index (χ2v) is 20.2. The topological polar surface area (TPSA) is 448 Å². The van der Waals surface area contributed by atoms with Crippen LogP contribution in [0.4, 0.5) is 0 Å². The molecule has 7 heterocycles. The molecule has 32 nitrogen and oxygen atoms in total. The molecular formula is C57H87IN5NaO27. The van der Waals surface area contributed by atoms with Gasteiger partial charge >= 0.3 is 41.5 Å². The Bertz CT molecular complexity index is 2500. The predicted molar refractivity (Wildman–Crippen MR) is 304 cm³/mol. The molecule has 0 bridgehead atoms. The second kappa shape index (κ2) is 41.1. The van der Waals surface area contributed by atoms with Gasteiger partial charge in [0.25, 0.3) is 11.8 Å². The van der Waals surface area contributed by atoms with E-state index < -0.39 is 171 Å². The number of esters is 2. The van der Waals surface area contributed by atoms with E-state index in [4.69, 9.17) is 75.8 Å². The summed E-state index contributed by atoms with van der Waals surface area (Å²) in [6, 6.07) is 2.84. The van der Waals surface area contributed by atoms with Crippen LogP contribution >= 0.6 is 0 Å². The minimum Gasteiger partial charge on any atom is -1.00 e. The minimum absolute atomic E-state index is 0. The van der Waals surface area contributed by atoms with Crippen LogP contribution in [0.3, 0.4) is 0 Å². The molecule has 0 aliphatic carbocycles. The van der Waals surface area contributed by atoms with Gasteiger partial charge in [-0.25, -0.2) is 9.59 Å². The molecule has 12 N–H and O–H groups in total. The summed E-state index contributed by atoms with van der Waals surface area (Å²) in [5, 5.41) is 75.8. The van der Waals surface area contributed by atoms with Gasteiger partial charge in [-0.15, -0.1) is 0 Å². The first kappa shape index (κ1) is 84.2. The molecule has 4 saturated heterocycles. The molecule has 0 spiro atoms. The number of furan rings is 3. The number of hydrogen-bond donors (Lipinski definition) is 11. The Hall–Kier alpha value is -4.81. The Balaban J connectivity index is 0.000000787. The number of hydrogen-bond acceptors (Lipinski definition) is 28. The SMILES string of the molecule is C.C.C=C(C)C(=O)OCC1OC(OC)[C@@H](NC(C)=O)[C@@H](OC2OC(C(=O)NCc3ccoc3)[C@@H](OC)[C@H](O)[C@@H]2O)[C@@H]1O.C=C(C)C(=O)OCC1OC(OC)[C@@H](NC(C)=O)[C@@H](OC2OC(C(=O)NCc3ccoc3)[C@@H](OC)[C@H](O)[C@@H]2O)[C@@H]1O.NCc1ccoc1.[I-].[Na+]. The Kier molecular flexibility index (Phi) is 38.0. The molecule has 0 saturated carbocycles. The van der Waals surface area contributed by atoms with Crippen molar-refractivity contribution in [3.63, 3.8) is 0 Å². The zero-order valence-electron chi connectivity index (χ0n) is 50.4. The van der Waals surface area contributed by atoms with Crippen molar-refractivity contribution in [2.45, 2.75) is 185 Å². The summed E-state index contributed by atoms with van der Waals surface area (Å²) in [5.74, 6) is -3.87. The van der Waals surface area contributed by atoms with Crippen LogP contribution in [0.1, 0.15) is 59.2 Å². The fourth-order valence-corrected chi connectivity index (χ4v) is 9.11. The molecule has 0 radical (unpaired) electrons. The quantitative estimate of drug-likeness (QED) is 0.0182. The number of nitrogens with two attached hydrogens (primary N) is 1. The van der Waals surface area contributed by atoms with Crippen molar-refractivity contribution >= 4 is 35.6 Å². The average molecular weight is 1420 g/mol. The van der Waals surface area contributed by atoms with Crippen molar-refractivity contribution in [3.05, 3.63) is 96.8 Å². The van der Waals surface area contributed by atoms with Crippen molar-refractivity contribution in [2.24, 2.45) is 5.73 Å². The van der Waals surface area contributed by atoms with E-state index in [1.54, 1.807) is 24.7 Å². The van der Waals surface area contributed by atoms with Crippen molar-refractivity contribution in [1.29, 1.82) is 0 Å². The van der Waals surface area contributed by atoms with Crippen LogP contribution in [0.25, 0.3) is 0 Å². The van der Waals surface area contributed by atoms with Crippen molar-refractivity contribution in [2.75, 3.05) is 41.7 Å². The van der Waals surface area contributed by atoms with E-state index in [-0.39, 0.29) is 92.6 Å². The smallest absolute Gasteiger partial charge is 1.00 e. The monoisotopic (exact) mass is 1420 g/mol. The Morgan fingerprint density at radius 3 is 1.11 bits per heavy atom. The molecule has 4 amide bonds. The van der Waals surface area contributed by atoms with Crippen LogP contribution in [-0.2, 0) is 105 Å². The largest absolute Gasteiger partial charge is 1.00 e. The van der Waals surface area contributed by atoms with Crippen LogP contribution in [0, 0.1) is 0 Å². The van der Waals surface area contributed by atoms with E-state index in [0.29, 0.717) is 17.7 Å². The first-order valence-electron chi connectivity index (χ1n) is 27.0. The van der Waals surface area contributed by atoms with Gasteiger partial charge in [0.05, 0.1) is 37.6 Å². The molecule has 3 aromatic heterocycles. The summed E-state index contributed by atoms with van der Waals surface area (Å²) in [7, 11) is 5.03. The molecule has 8 unspecified atom stereocenters. The summed E-state index contributed by atoms with van der Waals surface area (Å²) < 4.78 is 80.8. The van der Waals surface area contributed by atoms with E-state index in [2.05, 4.69) is 34.4 Å². The molecule has 0 aromatic carbocycles. The summed E-state index contributed by atoms with van der Waals surface area (Å²) >= 11 is 0. The molecule has 4 aliphatic heterocycles. The van der Waals surface area contributed by atoms with Gasteiger partial charge in [-0.3, -0.25) is 19.2 Å². The zero-order valence-corrected chi connectivity index (χ0v) is 54.6. The third-order valence-corrected chi connectivity index (χ3v) is 13.6. The Morgan fingerprint density at radius 2 is 0.846 bits per heavy atom. The standard InChI is InChI=1S/2C25H36N2O13.C5H7NO.2CH4.HI.Na/c2*1-11(2)23(33)37-10-14-16(29)19(15(27-12(3)28)24(35-5)38-14)39-25-18(31)17(30)20(34-4)21(40-25)22(32)26-8-13-6-7-36-9-13;6-3-5-1-2-7-4-5;;;;/h2*6-7,9,14-21,24-25,29-31H,1,8,10H2,2-5H3,(H,26,32)(H,27,28);1-2,4H,3,6H2;2*1H4;1H;/q;;;;;;+1/p-1/t2*14?,15-,16+,17+,18-,19+,20-,21?,24?,25?;;;;;/m00...../s1. The Labute approximate surface area is 565 Å². The van der Waals surface area contributed by atoms with Crippen LogP contribution in [0.15, 0.2) is 93.3 Å². The molecule has 34 heteroatoms. The number of halogens is 1. The van der Waals surface area contributed by atoms with E-state index in [1.165, 1.54) is 81.2 Å². The van der Waals surface area contributed by atoms with Crippen LogP contribution in [0.5, 0.6) is 0 Å². The number of aliphatic hydroxyl groups excluding tert-OH is 6. The van der Waals surface area contributed by atoms with E-state index in [1.807, 2.05) is 6.07 Å². The summed E-state index contributed by atoms with van der Waals surface area (Å²) in [6.07, 6.45) is -17.3. The van der Waals surface area contributed by atoms with Gasteiger partial charge in [-0.05, 0) is 32.0 Å². The van der Waals surface area contributed by atoms with Crippen LogP contribution in [-0.4, -0.2) is 231 Å². The maximum atomic E-state index is 13.0. The molecule has 4 fully saturated rings. The number of carbonyl (C=O) groups is 6. The van der Waals surface area contributed by atoms with Crippen LogP contribution < -0.4 is 80.5 Å². The zero-order chi connectivity index (χ0) is 64.2. The van der Waals surface area contributed by atoms with Crippen molar-refractivity contribution < 1.29 is 183 Å². The number of amides is 4. The average Bonchev–Trinajstić information content (AvgIpc) is 1.58. The number of rotatable bonds is 23. The molecule has 510 valence electrons. The van der Waals surface area contributed by atoms with Crippen LogP contribution in [0.2, 0.25) is 0 Å². The predicted octanol–water partition coefficient (Wildman–Crippen LogP) is -7.78. The number of nitrogens with one attached hydrogen (secondary N) is 4. The van der Waals surface area contributed by atoms with Gasteiger partial charge in [0.15, 0.2) is 37.4 Å². The fourth-order valence-electron chi connectivity index (χ4n) is 9.11. The number of aliphatic hydroxyl groups is 6. The first-order chi connectivity index (χ1) is 41.4. The van der Waals surface area contributed by atoms with Gasteiger partial charge in [0.1, 0.15) is 98.5 Å². The number of ether oxygens (including phenoxy) is 12. The van der Waals surface area contributed by atoms with Gasteiger partial charge in [-0.1, -0.05) is 28.0 Å². The molecule has 7 rings (SSSR count). The van der Waals surface area contributed by atoms with Gasteiger partial charge in [0, 0.05) is 89.8 Å². The summed E-state index contributed by atoms with van der Waals surface area (Å²) in [4.78, 5) is 73.7. The molecule has 20 atom stereocenters. The van der Waals surface area contributed by atoms with Gasteiger partial charge in [-0.2, -0.15) is 0 Å². The Morgan fingerprint density at radius 1 is 0.505 bits per heavy atom. The molecule has 91 heavy (non-hydrogen) atoms. The normalized spacial score (nSPS) is 30.7. The maximum absolute atomic E-state index is 13.0. The number of carbonyl (C=O) groups excluding carboxylic acids is 6. The third kappa shape index (κ3) is 23.6. The maximum Gasteiger partial charge on any atom is 1.00 e. The third-order valence-electron chi connectivity index (χ3n) is 13.6. The van der Waals surface area contributed by atoms with Crippen molar-refractivity contribution in [3.8, 4) is 0 Å². The van der Waals surface area contributed by atoms with Gasteiger partial charge in [0.2, 0.25) is 11.8 Å². The first-order valence-corrected chi connectivity index (χ1v) is 27.0. The summed E-state index contributed by atoms with van der Waals surface area (Å²) in [5.41, 5.74) is 7.85. The molecule has 4 aliphatic rings. The molecule has 3 aromatic rings. The van der Waals surface area contributed by atoms with Crippen molar-refractivity contribution in [1.82, 2.24) is 21.3 Å². The second-order valence-electron chi connectivity index (χ2n) is 20.2. The van der Waals surface area contributed by atoms with E-state index in [9.17, 15) is 59.4 Å². The fraction of sp³-hybridized carbons (Fsp3) is 0.614.